The van der Waals surface area contributed by atoms with Gasteiger partial charge in [-0.25, -0.2) is 4.98 Å². The van der Waals surface area contributed by atoms with Gasteiger partial charge in [0.25, 0.3) is 5.69 Å². The van der Waals surface area contributed by atoms with E-state index in [4.69, 9.17) is 0 Å². The highest BCUT2D eigenvalue weighted by atomic mass is 79.9. The number of aromatic nitrogens is 2. The summed E-state index contributed by atoms with van der Waals surface area (Å²) in [5, 5.41) is 13.9. The first-order chi connectivity index (χ1) is 10.1. The van der Waals surface area contributed by atoms with E-state index in [0.717, 1.165) is 10.0 Å². The molecule has 1 aromatic heterocycles. The van der Waals surface area contributed by atoms with Gasteiger partial charge >= 0.3 is 0 Å². The quantitative estimate of drug-likeness (QED) is 0.555. The van der Waals surface area contributed by atoms with E-state index in [1.807, 2.05) is 24.3 Å². The zero-order valence-electron chi connectivity index (χ0n) is 10.8. The summed E-state index contributed by atoms with van der Waals surface area (Å²) in [5.41, 5.74) is 2.50. The van der Waals surface area contributed by atoms with Crippen LogP contribution in [0.2, 0.25) is 0 Å². The zero-order valence-corrected chi connectivity index (χ0v) is 12.4. The normalized spacial score (nSPS) is 10.7. The van der Waals surface area contributed by atoms with Crippen LogP contribution < -0.4 is 5.32 Å². The Morgan fingerprint density at radius 3 is 2.71 bits per heavy atom. The van der Waals surface area contributed by atoms with Gasteiger partial charge in [0, 0.05) is 23.2 Å². The number of nitro benzene ring substituents is 1. The molecule has 6 nitrogen and oxygen atoms in total. The lowest BCUT2D eigenvalue weighted by atomic mass is 10.2. The number of hydrogen-bond donors (Lipinski definition) is 2. The lowest BCUT2D eigenvalue weighted by molar-refractivity contribution is -0.384. The third kappa shape index (κ3) is 3.03. The van der Waals surface area contributed by atoms with E-state index in [2.05, 4.69) is 31.2 Å². The number of halogens is 1. The maximum atomic E-state index is 10.7. The van der Waals surface area contributed by atoms with Crippen molar-refractivity contribution in [3.8, 4) is 0 Å². The first-order valence-corrected chi connectivity index (χ1v) is 7.03. The molecule has 2 aromatic carbocycles. The number of nitrogens with one attached hydrogen (secondary N) is 2. The molecule has 0 amide bonds. The molecule has 3 aromatic rings. The number of nitro groups is 1. The molecule has 0 saturated heterocycles. The van der Waals surface area contributed by atoms with Crippen LogP contribution in [0.15, 0.2) is 46.9 Å². The highest BCUT2D eigenvalue weighted by Gasteiger charge is 2.09. The SMILES string of the molecule is O=[N+]([O-])c1ccc2nc(NCc3ccc(Br)cc3)[nH]c2c1. The second-order valence-electron chi connectivity index (χ2n) is 4.52. The van der Waals surface area contributed by atoms with E-state index in [0.29, 0.717) is 23.5 Å². The van der Waals surface area contributed by atoms with Crippen LogP contribution in [0, 0.1) is 10.1 Å². The Morgan fingerprint density at radius 2 is 2.00 bits per heavy atom. The second kappa shape index (κ2) is 5.53. The summed E-state index contributed by atoms with van der Waals surface area (Å²) in [6.45, 7) is 0.620. The number of rotatable bonds is 4. The molecule has 106 valence electrons. The van der Waals surface area contributed by atoms with Crippen molar-refractivity contribution < 1.29 is 4.92 Å². The zero-order chi connectivity index (χ0) is 14.8. The molecule has 2 N–H and O–H groups in total. The Balaban J connectivity index is 1.78. The van der Waals surface area contributed by atoms with Crippen LogP contribution in [0.4, 0.5) is 11.6 Å². The third-order valence-corrected chi connectivity index (χ3v) is 3.58. The van der Waals surface area contributed by atoms with E-state index >= 15 is 0 Å². The highest BCUT2D eigenvalue weighted by molar-refractivity contribution is 9.10. The molecule has 0 radical (unpaired) electrons. The largest absolute Gasteiger partial charge is 0.352 e. The molecule has 0 aliphatic carbocycles. The van der Waals surface area contributed by atoms with E-state index in [1.54, 1.807) is 6.07 Å². The molecule has 0 spiro atoms. The van der Waals surface area contributed by atoms with E-state index in [9.17, 15) is 10.1 Å². The minimum absolute atomic E-state index is 0.0469. The molecule has 0 bridgehead atoms. The molecule has 3 rings (SSSR count). The summed E-state index contributed by atoms with van der Waals surface area (Å²) in [6.07, 6.45) is 0. The average molecular weight is 347 g/mol. The lowest BCUT2D eigenvalue weighted by Crippen LogP contribution is -2.00. The first-order valence-electron chi connectivity index (χ1n) is 6.24. The molecule has 0 atom stereocenters. The standard InChI is InChI=1S/C14H11BrN4O2/c15-10-3-1-9(2-4-10)8-16-14-17-12-6-5-11(19(20)21)7-13(12)18-14/h1-7H,8H2,(H2,16,17,18). The van der Waals surface area contributed by atoms with Crippen LogP contribution in [0.5, 0.6) is 0 Å². The summed E-state index contributed by atoms with van der Waals surface area (Å²) in [4.78, 5) is 17.7. The molecular formula is C14H11BrN4O2. The highest BCUT2D eigenvalue weighted by Crippen LogP contribution is 2.20. The fourth-order valence-corrected chi connectivity index (χ4v) is 2.25. The van der Waals surface area contributed by atoms with E-state index in [1.165, 1.54) is 12.1 Å². The van der Waals surface area contributed by atoms with E-state index < -0.39 is 4.92 Å². The maximum Gasteiger partial charge on any atom is 0.271 e. The number of H-pyrrole nitrogens is 1. The van der Waals surface area contributed by atoms with Gasteiger partial charge in [0.2, 0.25) is 5.95 Å². The van der Waals surface area contributed by atoms with Crippen LogP contribution in [0.3, 0.4) is 0 Å². The topological polar surface area (TPSA) is 83.8 Å². The van der Waals surface area contributed by atoms with Crippen LogP contribution in [-0.4, -0.2) is 14.9 Å². The number of hydrogen-bond acceptors (Lipinski definition) is 4. The van der Waals surface area contributed by atoms with Gasteiger partial charge in [0.15, 0.2) is 0 Å². The molecule has 1 heterocycles. The predicted molar refractivity (Wildman–Crippen MR) is 84.2 cm³/mol. The van der Waals surface area contributed by atoms with Crippen molar-refractivity contribution in [1.29, 1.82) is 0 Å². The fraction of sp³-hybridized carbons (Fsp3) is 0.0714. The van der Waals surface area contributed by atoms with Crippen molar-refractivity contribution in [3.63, 3.8) is 0 Å². The Morgan fingerprint density at radius 1 is 1.24 bits per heavy atom. The van der Waals surface area contributed by atoms with Crippen molar-refractivity contribution in [2.75, 3.05) is 5.32 Å². The van der Waals surface area contributed by atoms with Crippen molar-refractivity contribution in [1.82, 2.24) is 9.97 Å². The van der Waals surface area contributed by atoms with Gasteiger partial charge in [-0.2, -0.15) is 0 Å². The van der Waals surface area contributed by atoms with E-state index in [-0.39, 0.29) is 5.69 Å². The number of aromatic amines is 1. The summed E-state index contributed by atoms with van der Waals surface area (Å²) < 4.78 is 1.03. The van der Waals surface area contributed by atoms with Gasteiger partial charge in [0.05, 0.1) is 16.0 Å². The Labute approximate surface area is 128 Å². The predicted octanol–water partition coefficient (Wildman–Crippen LogP) is 3.85. The van der Waals surface area contributed by atoms with Crippen LogP contribution in [0.25, 0.3) is 11.0 Å². The Kier molecular flexibility index (Phi) is 3.57. The summed E-state index contributed by atoms with van der Waals surface area (Å²) >= 11 is 3.39. The molecule has 0 unspecified atom stereocenters. The van der Waals surface area contributed by atoms with Crippen molar-refractivity contribution in [3.05, 3.63) is 62.6 Å². The Bertz CT molecular complexity index is 798. The molecule has 21 heavy (non-hydrogen) atoms. The summed E-state index contributed by atoms with van der Waals surface area (Å²) in [5.74, 6) is 0.591. The van der Waals surface area contributed by atoms with Crippen molar-refractivity contribution >= 4 is 38.6 Å². The minimum Gasteiger partial charge on any atom is -0.352 e. The minimum atomic E-state index is -0.421. The number of benzene rings is 2. The van der Waals surface area contributed by atoms with Gasteiger partial charge in [-0.1, -0.05) is 28.1 Å². The summed E-state index contributed by atoms with van der Waals surface area (Å²) in [7, 11) is 0. The Hall–Kier alpha value is -2.41. The number of imidazole rings is 1. The number of anilines is 1. The average Bonchev–Trinajstić information content (AvgIpc) is 2.88. The van der Waals surface area contributed by atoms with Crippen LogP contribution >= 0.6 is 15.9 Å². The van der Waals surface area contributed by atoms with Gasteiger partial charge in [-0.05, 0) is 23.8 Å². The maximum absolute atomic E-state index is 10.7. The fourth-order valence-electron chi connectivity index (χ4n) is 1.98. The molecule has 0 aliphatic rings. The van der Waals surface area contributed by atoms with Crippen molar-refractivity contribution in [2.24, 2.45) is 0 Å². The molecule has 7 heteroatoms. The number of nitrogens with zero attached hydrogens (tertiary/aromatic N) is 2. The third-order valence-electron chi connectivity index (χ3n) is 3.05. The smallest absolute Gasteiger partial charge is 0.271 e. The molecular weight excluding hydrogens is 336 g/mol. The van der Waals surface area contributed by atoms with Gasteiger partial charge in [0.1, 0.15) is 0 Å². The molecule has 0 aliphatic heterocycles. The summed E-state index contributed by atoms with van der Waals surface area (Å²) in [6, 6.07) is 12.5. The monoisotopic (exact) mass is 346 g/mol. The van der Waals surface area contributed by atoms with Gasteiger partial charge in [-0.15, -0.1) is 0 Å². The van der Waals surface area contributed by atoms with Crippen molar-refractivity contribution in [2.45, 2.75) is 6.54 Å². The molecule has 0 fully saturated rings. The lowest BCUT2D eigenvalue weighted by Gasteiger charge is -2.02. The first kappa shape index (κ1) is 13.6. The van der Waals surface area contributed by atoms with Crippen LogP contribution in [0.1, 0.15) is 5.56 Å². The second-order valence-corrected chi connectivity index (χ2v) is 5.44. The van der Waals surface area contributed by atoms with Crippen LogP contribution in [-0.2, 0) is 6.54 Å². The number of fused-ring (bicyclic) bond motifs is 1. The van der Waals surface area contributed by atoms with Gasteiger partial charge in [-0.3, -0.25) is 10.1 Å². The molecule has 0 saturated carbocycles. The number of non-ortho nitro benzene ring substituents is 1. The van der Waals surface area contributed by atoms with Gasteiger partial charge < -0.3 is 10.3 Å².